The van der Waals surface area contributed by atoms with Gasteiger partial charge in [0.2, 0.25) is 0 Å². The molecular weight excluding hydrogens is 394 g/mol. The summed E-state index contributed by atoms with van der Waals surface area (Å²) in [5.41, 5.74) is 2.56. The average molecular weight is 424 g/mol. The SMILES string of the molecule is C[C@H](O)C(=O)N1CCc2c(cn(CCc3ccccc3)c(=O)c2C(=O)NCC2CC2)C1. The lowest BCUT2D eigenvalue weighted by atomic mass is 9.95. The molecular formula is C24H29N3O4. The number of fused-ring (bicyclic) bond motifs is 1. The van der Waals surface area contributed by atoms with Crippen LogP contribution in [0, 0.1) is 5.92 Å². The van der Waals surface area contributed by atoms with Gasteiger partial charge in [-0.05, 0) is 55.2 Å². The maximum atomic E-state index is 13.3. The maximum absolute atomic E-state index is 13.3. The number of hydrogen-bond donors (Lipinski definition) is 2. The molecule has 2 aromatic rings. The number of aliphatic hydroxyl groups is 1. The van der Waals surface area contributed by atoms with Gasteiger partial charge in [0, 0.05) is 32.4 Å². The highest BCUT2D eigenvalue weighted by molar-refractivity contribution is 5.96. The molecule has 1 aromatic heterocycles. The van der Waals surface area contributed by atoms with Gasteiger partial charge in [0.1, 0.15) is 11.7 Å². The van der Waals surface area contributed by atoms with E-state index in [1.165, 1.54) is 6.92 Å². The van der Waals surface area contributed by atoms with E-state index in [2.05, 4.69) is 5.32 Å². The summed E-state index contributed by atoms with van der Waals surface area (Å²) >= 11 is 0. The van der Waals surface area contributed by atoms with Crippen molar-refractivity contribution in [1.29, 1.82) is 0 Å². The van der Waals surface area contributed by atoms with Crippen LogP contribution >= 0.6 is 0 Å². The predicted octanol–water partition coefficient (Wildman–Crippen LogP) is 1.50. The van der Waals surface area contributed by atoms with Crippen molar-refractivity contribution in [3.63, 3.8) is 0 Å². The molecule has 7 nitrogen and oxygen atoms in total. The Kier molecular flexibility index (Phi) is 6.23. The molecule has 2 heterocycles. The minimum atomic E-state index is -1.08. The quantitative estimate of drug-likeness (QED) is 0.706. The number of aromatic nitrogens is 1. The molecule has 7 heteroatoms. The summed E-state index contributed by atoms with van der Waals surface area (Å²) in [7, 11) is 0. The minimum absolute atomic E-state index is 0.204. The average Bonchev–Trinajstić information content (AvgIpc) is 3.60. The number of aliphatic hydroxyl groups excluding tert-OH is 1. The van der Waals surface area contributed by atoms with Crippen molar-refractivity contribution in [1.82, 2.24) is 14.8 Å². The summed E-state index contributed by atoms with van der Waals surface area (Å²) in [5.74, 6) is -0.145. The molecule has 1 aromatic carbocycles. The summed E-state index contributed by atoms with van der Waals surface area (Å²) in [6.45, 7) is 3.16. The Bertz CT molecular complexity index is 1030. The zero-order chi connectivity index (χ0) is 22.0. The fourth-order valence-electron chi connectivity index (χ4n) is 4.11. The van der Waals surface area contributed by atoms with E-state index in [1.54, 1.807) is 15.7 Å². The first-order chi connectivity index (χ1) is 14.9. The Morgan fingerprint density at radius 2 is 1.97 bits per heavy atom. The third kappa shape index (κ3) is 4.88. The van der Waals surface area contributed by atoms with Gasteiger partial charge in [0.05, 0.1) is 0 Å². The van der Waals surface area contributed by atoms with Crippen LogP contribution in [0.15, 0.2) is 41.3 Å². The predicted molar refractivity (Wildman–Crippen MR) is 117 cm³/mol. The number of nitrogens with one attached hydrogen (secondary N) is 1. The van der Waals surface area contributed by atoms with E-state index < -0.39 is 6.10 Å². The number of hydrogen-bond acceptors (Lipinski definition) is 4. The number of rotatable bonds is 7. The molecule has 1 aliphatic heterocycles. The fraction of sp³-hybridized carbons (Fsp3) is 0.458. The Balaban J connectivity index is 1.65. The first-order valence-electron chi connectivity index (χ1n) is 11.0. The van der Waals surface area contributed by atoms with E-state index >= 15 is 0 Å². The van der Waals surface area contributed by atoms with Gasteiger partial charge in [-0.2, -0.15) is 0 Å². The molecule has 0 unspecified atom stereocenters. The largest absolute Gasteiger partial charge is 0.384 e. The van der Waals surface area contributed by atoms with Crippen LogP contribution in [0.2, 0.25) is 0 Å². The monoisotopic (exact) mass is 423 g/mol. The van der Waals surface area contributed by atoms with Gasteiger partial charge in [0.25, 0.3) is 17.4 Å². The highest BCUT2D eigenvalue weighted by Crippen LogP contribution is 2.28. The highest BCUT2D eigenvalue weighted by atomic mass is 16.3. The van der Waals surface area contributed by atoms with Gasteiger partial charge in [-0.3, -0.25) is 14.4 Å². The van der Waals surface area contributed by atoms with E-state index in [0.29, 0.717) is 38.4 Å². The van der Waals surface area contributed by atoms with E-state index in [9.17, 15) is 19.5 Å². The van der Waals surface area contributed by atoms with E-state index in [0.717, 1.165) is 29.5 Å². The van der Waals surface area contributed by atoms with Crippen molar-refractivity contribution < 1.29 is 14.7 Å². The molecule has 0 radical (unpaired) electrons. The van der Waals surface area contributed by atoms with E-state index in [1.807, 2.05) is 30.3 Å². The molecule has 1 saturated carbocycles. The fourth-order valence-corrected chi connectivity index (χ4v) is 4.11. The third-order valence-electron chi connectivity index (χ3n) is 6.10. The number of pyridine rings is 1. The standard InChI is InChI=1S/C24H29N3O4/c1-16(28)23(30)26-12-10-20-19(14-26)15-27(11-9-17-5-3-2-4-6-17)24(31)21(20)22(29)25-13-18-7-8-18/h2-6,15-16,18,28H,7-14H2,1H3,(H,25,29)/t16-/m0/s1. The molecule has 2 aliphatic rings. The smallest absolute Gasteiger partial charge is 0.263 e. The Morgan fingerprint density at radius 1 is 1.23 bits per heavy atom. The first-order valence-corrected chi connectivity index (χ1v) is 11.0. The Hall–Kier alpha value is -2.93. The number of carbonyl (C=O) groups is 2. The molecule has 1 atom stereocenters. The number of carbonyl (C=O) groups excluding carboxylic acids is 2. The van der Waals surface area contributed by atoms with Crippen molar-refractivity contribution in [3.8, 4) is 0 Å². The van der Waals surface area contributed by atoms with Crippen LogP contribution in [-0.2, 0) is 30.7 Å². The van der Waals surface area contributed by atoms with Crippen molar-refractivity contribution in [2.24, 2.45) is 5.92 Å². The molecule has 4 rings (SSSR count). The van der Waals surface area contributed by atoms with Crippen LogP contribution in [0.3, 0.4) is 0 Å². The second-order valence-corrected chi connectivity index (χ2v) is 8.58. The van der Waals surface area contributed by atoms with Crippen molar-refractivity contribution in [2.45, 2.75) is 51.8 Å². The molecule has 1 fully saturated rings. The minimum Gasteiger partial charge on any atom is -0.384 e. The zero-order valence-corrected chi connectivity index (χ0v) is 17.8. The summed E-state index contributed by atoms with van der Waals surface area (Å²) in [5, 5.41) is 12.6. The first kappa shape index (κ1) is 21.3. The van der Waals surface area contributed by atoms with Gasteiger partial charge in [0.15, 0.2) is 0 Å². The van der Waals surface area contributed by atoms with Crippen LogP contribution in [0.1, 0.15) is 46.8 Å². The summed E-state index contributed by atoms with van der Waals surface area (Å²) in [4.78, 5) is 40.1. The zero-order valence-electron chi connectivity index (χ0n) is 17.8. The number of benzene rings is 1. The maximum Gasteiger partial charge on any atom is 0.263 e. The topological polar surface area (TPSA) is 91.6 Å². The van der Waals surface area contributed by atoms with E-state index in [4.69, 9.17) is 0 Å². The lowest BCUT2D eigenvalue weighted by molar-refractivity contribution is -0.140. The van der Waals surface area contributed by atoms with Crippen LogP contribution in [0.4, 0.5) is 0 Å². The van der Waals surface area contributed by atoms with Gasteiger partial charge in [-0.1, -0.05) is 30.3 Å². The molecule has 0 spiro atoms. The van der Waals surface area contributed by atoms with Crippen LogP contribution in [0.25, 0.3) is 0 Å². The second-order valence-electron chi connectivity index (χ2n) is 8.58. The molecule has 1 aliphatic carbocycles. The number of nitrogens with zero attached hydrogens (tertiary/aromatic N) is 2. The molecule has 0 bridgehead atoms. The summed E-state index contributed by atoms with van der Waals surface area (Å²) in [6.07, 6.45) is 4.02. The Labute approximate surface area is 181 Å². The van der Waals surface area contributed by atoms with Crippen LogP contribution in [-0.4, -0.2) is 45.6 Å². The number of amides is 2. The van der Waals surface area contributed by atoms with E-state index in [-0.39, 0.29) is 29.5 Å². The Morgan fingerprint density at radius 3 is 2.65 bits per heavy atom. The lowest BCUT2D eigenvalue weighted by Gasteiger charge is -2.31. The second kappa shape index (κ2) is 9.06. The molecule has 31 heavy (non-hydrogen) atoms. The normalized spacial score (nSPS) is 16.5. The van der Waals surface area contributed by atoms with Gasteiger partial charge < -0.3 is 19.9 Å². The van der Waals surface area contributed by atoms with Crippen LogP contribution < -0.4 is 10.9 Å². The summed E-state index contributed by atoms with van der Waals surface area (Å²) in [6, 6.07) is 9.89. The van der Waals surface area contributed by atoms with Crippen molar-refractivity contribution >= 4 is 11.8 Å². The molecule has 0 saturated heterocycles. The summed E-state index contributed by atoms with van der Waals surface area (Å²) < 4.78 is 1.59. The van der Waals surface area contributed by atoms with Crippen LogP contribution in [0.5, 0.6) is 0 Å². The van der Waals surface area contributed by atoms with Gasteiger partial charge >= 0.3 is 0 Å². The van der Waals surface area contributed by atoms with Gasteiger partial charge in [-0.15, -0.1) is 0 Å². The molecule has 2 N–H and O–H groups in total. The molecule has 164 valence electrons. The van der Waals surface area contributed by atoms with Gasteiger partial charge in [-0.25, -0.2) is 0 Å². The molecule has 2 amide bonds. The van der Waals surface area contributed by atoms with Crippen molar-refractivity contribution in [3.05, 3.63) is 69.1 Å². The highest BCUT2D eigenvalue weighted by Gasteiger charge is 2.30. The van der Waals surface area contributed by atoms with Crippen molar-refractivity contribution in [2.75, 3.05) is 13.1 Å². The number of aryl methyl sites for hydroxylation is 2. The lowest BCUT2D eigenvalue weighted by Crippen LogP contribution is -2.44. The third-order valence-corrected chi connectivity index (χ3v) is 6.10.